The number of nitrogens with two attached hydrogens (primary N) is 1. The molecule has 0 aliphatic carbocycles. The maximum absolute atomic E-state index is 11.9. The third-order valence-electron chi connectivity index (χ3n) is 2.77. The van der Waals surface area contributed by atoms with E-state index in [9.17, 15) is 4.79 Å². The van der Waals surface area contributed by atoms with Gasteiger partial charge in [0.2, 0.25) is 0 Å². The standard InChI is InChI=1S/C12H10N6O2S.C2H7NO/c1-20-8-4-2-7(3-5-8)11-13-9(6-21-11)10(19)14-12-15-17-18-16-12;3-1-2-4/h2-6H,1H3,(H2,14,15,16,17,18,19);4H,1-3H2. The molecule has 5 N–H and O–H groups in total. The lowest BCUT2D eigenvalue weighted by atomic mass is 10.2. The third-order valence-corrected chi connectivity index (χ3v) is 3.66. The van der Waals surface area contributed by atoms with Crippen molar-refractivity contribution in [3.63, 3.8) is 0 Å². The molecule has 0 atom stereocenters. The van der Waals surface area contributed by atoms with Gasteiger partial charge in [0.25, 0.3) is 11.9 Å². The molecule has 0 aliphatic heterocycles. The van der Waals surface area contributed by atoms with Crippen LogP contribution in [0.3, 0.4) is 0 Å². The molecule has 0 fully saturated rings. The number of amides is 1. The number of tetrazole rings is 1. The number of aliphatic hydroxyl groups excluding tert-OH is 1. The Labute approximate surface area is 147 Å². The van der Waals surface area contributed by atoms with Gasteiger partial charge in [-0.25, -0.2) is 4.98 Å². The lowest BCUT2D eigenvalue weighted by molar-refractivity contribution is 0.102. The lowest BCUT2D eigenvalue weighted by Crippen LogP contribution is -2.13. The van der Waals surface area contributed by atoms with Crippen molar-refractivity contribution < 1.29 is 14.6 Å². The topological polar surface area (TPSA) is 152 Å². The normalized spacial score (nSPS) is 9.88. The van der Waals surface area contributed by atoms with Crippen LogP contribution in [0.15, 0.2) is 29.6 Å². The summed E-state index contributed by atoms with van der Waals surface area (Å²) in [5.74, 6) is 0.497. The number of thiazole rings is 1. The summed E-state index contributed by atoms with van der Waals surface area (Å²) in [6, 6.07) is 7.46. The Morgan fingerprint density at radius 3 is 2.68 bits per heavy atom. The Balaban J connectivity index is 0.000000511. The molecule has 3 aromatic rings. The maximum Gasteiger partial charge on any atom is 0.277 e. The van der Waals surface area contributed by atoms with Crippen LogP contribution < -0.4 is 15.8 Å². The van der Waals surface area contributed by atoms with Crippen LogP contribution in [-0.2, 0) is 0 Å². The maximum atomic E-state index is 11.9. The predicted molar refractivity (Wildman–Crippen MR) is 92.4 cm³/mol. The molecule has 132 valence electrons. The van der Waals surface area contributed by atoms with Crippen LogP contribution in [0, 0.1) is 0 Å². The Kier molecular flexibility index (Phi) is 6.95. The predicted octanol–water partition coefficient (Wildman–Crippen LogP) is 0.521. The summed E-state index contributed by atoms with van der Waals surface area (Å²) in [6.45, 7) is 0.472. The third kappa shape index (κ3) is 5.31. The van der Waals surface area contributed by atoms with Gasteiger partial charge in [-0.1, -0.05) is 5.10 Å². The number of aromatic nitrogens is 5. The summed E-state index contributed by atoms with van der Waals surface area (Å²) in [4.78, 5) is 16.2. The molecule has 10 nitrogen and oxygen atoms in total. The van der Waals surface area contributed by atoms with Gasteiger partial charge in [-0.15, -0.1) is 16.4 Å². The highest BCUT2D eigenvalue weighted by molar-refractivity contribution is 7.13. The molecular weight excluding hydrogens is 346 g/mol. The van der Waals surface area contributed by atoms with Gasteiger partial charge < -0.3 is 15.6 Å². The smallest absolute Gasteiger partial charge is 0.277 e. The molecule has 1 aromatic carbocycles. The fraction of sp³-hybridized carbons (Fsp3) is 0.214. The first-order valence-electron chi connectivity index (χ1n) is 7.13. The molecule has 0 unspecified atom stereocenters. The number of aliphatic hydroxyl groups is 1. The van der Waals surface area contributed by atoms with Gasteiger partial charge in [-0.2, -0.15) is 5.21 Å². The van der Waals surface area contributed by atoms with Crippen molar-refractivity contribution in [3.05, 3.63) is 35.3 Å². The van der Waals surface area contributed by atoms with Crippen molar-refractivity contribution in [1.29, 1.82) is 0 Å². The van der Waals surface area contributed by atoms with Crippen molar-refractivity contribution >= 4 is 23.2 Å². The van der Waals surface area contributed by atoms with E-state index < -0.39 is 0 Å². The largest absolute Gasteiger partial charge is 0.497 e. The fourth-order valence-electron chi connectivity index (χ4n) is 1.62. The molecule has 11 heteroatoms. The minimum atomic E-state index is -0.382. The van der Waals surface area contributed by atoms with Gasteiger partial charge in [0.1, 0.15) is 16.5 Å². The van der Waals surface area contributed by atoms with E-state index in [-0.39, 0.29) is 18.5 Å². The molecule has 2 heterocycles. The van der Waals surface area contributed by atoms with Crippen molar-refractivity contribution in [2.24, 2.45) is 5.73 Å². The summed E-state index contributed by atoms with van der Waals surface area (Å²) in [6.07, 6.45) is 0. The number of nitrogens with one attached hydrogen (secondary N) is 2. The number of hydrogen-bond acceptors (Lipinski definition) is 9. The quantitative estimate of drug-likeness (QED) is 0.512. The average molecular weight is 363 g/mol. The Morgan fingerprint density at radius 2 is 2.12 bits per heavy atom. The van der Waals surface area contributed by atoms with E-state index >= 15 is 0 Å². The molecule has 0 saturated carbocycles. The van der Waals surface area contributed by atoms with E-state index in [0.717, 1.165) is 16.3 Å². The summed E-state index contributed by atoms with van der Waals surface area (Å²) in [5.41, 5.74) is 6.00. The van der Waals surface area contributed by atoms with Crippen molar-refractivity contribution in [1.82, 2.24) is 25.6 Å². The van der Waals surface area contributed by atoms with E-state index in [2.05, 4.69) is 30.9 Å². The monoisotopic (exact) mass is 363 g/mol. The van der Waals surface area contributed by atoms with Crippen LogP contribution in [0.25, 0.3) is 10.6 Å². The summed E-state index contributed by atoms with van der Waals surface area (Å²) >= 11 is 1.38. The molecule has 0 bridgehead atoms. The average Bonchev–Trinajstić information content (AvgIpc) is 3.34. The van der Waals surface area contributed by atoms with Crippen LogP contribution in [0.1, 0.15) is 10.5 Å². The highest BCUT2D eigenvalue weighted by atomic mass is 32.1. The van der Waals surface area contributed by atoms with Crippen molar-refractivity contribution in [2.45, 2.75) is 0 Å². The number of methoxy groups -OCH3 is 1. The number of carbonyl (C=O) groups is 1. The summed E-state index contributed by atoms with van der Waals surface area (Å²) in [7, 11) is 1.61. The van der Waals surface area contributed by atoms with E-state index in [1.165, 1.54) is 11.3 Å². The van der Waals surface area contributed by atoms with E-state index in [4.69, 9.17) is 15.6 Å². The SMILES string of the molecule is COc1ccc(-c2nc(C(=O)Nc3nn[nH]n3)cs2)cc1.NCCO. The van der Waals surface area contributed by atoms with Gasteiger partial charge in [0.15, 0.2) is 0 Å². The van der Waals surface area contributed by atoms with Gasteiger partial charge in [0.05, 0.1) is 13.7 Å². The Morgan fingerprint density at radius 1 is 1.40 bits per heavy atom. The first-order chi connectivity index (χ1) is 12.2. The zero-order valence-corrected chi connectivity index (χ0v) is 14.2. The molecule has 0 saturated heterocycles. The Bertz CT molecular complexity index is 772. The zero-order valence-electron chi connectivity index (χ0n) is 13.3. The molecule has 1 amide bonds. The van der Waals surface area contributed by atoms with Crippen LogP contribution in [0.4, 0.5) is 5.95 Å². The van der Waals surface area contributed by atoms with Crippen molar-refractivity contribution in [2.75, 3.05) is 25.6 Å². The van der Waals surface area contributed by atoms with Crippen LogP contribution >= 0.6 is 11.3 Å². The molecule has 0 spiro atoms. The number of ether oxygens (including phenoxy) is 1. The lowest BCUT2D eigenvalue weighted by Gasteiger charge is -2.00. The second kappa shape index (κ2) is 9.42. The van der Waals surface area contributed by atoms with Gasteiger partial charge in [-0.05, 0) is 29.5 Å². The molecule has 25 heavy (non-hydrogen) atoms. The minimum absolute atomic E-state index is 0.0972. The molecular formula is C14H17N7O3S. The number of carbonyl (C=O) groups excluding carboxylic acids is 1. The number of aromatic amines is 1. The summed E-state index contributed by atoms with van der Waals surface area (Å²) < 4.78 is 5.10. The number of rotatable bonds is 5. The number of nitrogens with zero attached hydrogens (tertiary/aromatic N) is 4. The van der Waals surface area contributed by atoms with Gasteiger partial charge in [-0.3, -0.25) is 10.1 Å². The highest BCUT2D eigenvalue weighted by Crippen LogP contribution is 2.25. The zero-order chi connectivity index (χ0) is 18.1. The Hall–Kier alpha value is -2.89. The second-order valence-corrected chi connectivity index (χ2v) is 5.33. The fourth-order valence-corrected chi connectivity index (χ4v) is 2.43. The van der Waals surface area contributed by atoms with Gasteiger partial charge >= 0.3 is 0 Å². The second-order valence-electron chi connectivity index (χ2n) is 4.47. The molecule has 3 rings (SSSR count). The minimum Gasteiger partial charge on any atom is -0.497 e. The van der Waals surface area contributed by atoms with E-state index in [1.807, 2.05) is 24.3 Å². The van der Waals surface area contributed by atoms with Crippen molar-refractivity contribution in [3.8, 4) is 16.3 Å². The first-order valence-corrected chi connectivity index (χ1v) is 8.01. The highest BCUT2D eigenvalue weighted by Gasteiger charge is 2.13. The first kappa shape index (κ1) is 18.4. The van der Waals surface area contributed by atoms with Crippen LogP contribution in [0.5, 0.6) is 5.75 Å². The van der Waals surface area contributed by atoms with Crippen LogP contribution in [0.2, 0.25) is 0 Å². The van der Waals surface area contributed by atoms with Gasteiger partial charge in [0, 0.05) is 17.5 Å². The van der Waals surface area contributed by atoms with Crippen LogP contribution in [-0.4, -0.2) is 56.9 Å². The van der Waals surface area contributed by atoms with E-state index in [1.54, 1.807) is 12.5 Å². The number of anilines is 1. The molecule has 0 aliphatic rings. The summed E-state index contributed by atoms with van der Waals surface area (Å²) in [5, 5.41) is 25.6. The molecule has 0 radical (unpaired) electrons. The number of benzene rings is 1. The number of hydrogen-bond donors (Lipinski definition) is 4. The van der Waals surface area contributed by atoms with E-state index in [0.29, 0.717) is 12.2 Å². The number of H-pyrrole nitrogens is 1. The molecule has 2 aromatic heterocycles.